The van der Waals surface area contributed by atoms with Crippen molar-refractivity contribution in [3.05, 3.63) is 11.9 Å². The molecule has 1 aromatic heterocycles. The van der Waals surface area contributed by atoms with Gasteiger partial charge in [-0.05, 0) is 31.7 Å². The largest absolute Gasteiger partial charge is 0.493 e. The number of nitrogens with one attached hydrogen (secondary N) is 1. The summed E-state index contributed by atoms with van der Waals surface area (Å²) in [6.45, 7) is 6.52. The third kappa shape index (κ3) is 2.63. The van der Waals surface area contributed by atoms with E-state index in [1.54, 1.807) is 7.11 Å². The summed E-state index contributed by atoms with van der Waals surface area (Å²) in [4.78, 5) is 0. The highest BCUT2D eigenvalue weighted by atomic mass is 16.5. The van der Waals surface area contributed by atoms with Crippen molar-refractivity contribution in [3.8, 4) is 5.75 Å². The molecule has 1 fully saturated rings. The quantitative estimate of drug-likeness (QED) is 0.873. The van der Waals surface area contributed by atoms with E-state index in [-0.39, 0.29) is 0 Å². The molecule has 2 rings (SSSR count). The molecule has 2 heterocycles. The van der Waals surface area contributed by atoms with Gasteiger partial charge in [0.25, 0.3) is 0 Å². The van der Waals surface area contributed by atoms with E-state index >= 15 is 0 Å². The molecule has 96 valence electrons. The highest BCUT2D eigenvalue weighted by Crippen LogP contribution is 2.31. The van der Waals surface area contributed by atoms with Crippen LogP contribution < -0.4 is 10.1 Å². The smallest absolute Gasteiger partial charge is 0.161 e. The Labute approximate surface area is 103 Å². The van der Waals surface area contributed by atoms with Crippen molar-refractivity contribution < 1.29 is 4.74 Å². The minimum Gasteiger partial charge on any atom is -0.493 e. The van der Waals surface area contributed by atoms with Crippen molar-refractivity contribution in [3.63, 3.8) is 0 Å². The van der Waals surface area contributed by atoms with Gasteiger partial charge in [0.05, 0.1) is 25.0 Å². The fourth-order valence-electron chi connectivity index (χ4n) is 2.51. The zero-order valence-electron chi connectivity index (χ0n) is 11.1. The molecule has 0 saturated carbocycles. The van der Waals surface area contributed by atoms with E-state index in [2.05, 4.69) is 28.9 Å². The first-order chi connectivity index (χ1) is 8.26. The van der Waals surface area contributed by atoms with E-state index in [1.807, 2.05) is 6.20 Å². The number of piperidine rings is 1. The number of ether oxygens (including phenoxy) is 1. The Balaban J connectivity index is 2.19. The maximum absolute atomic E-state index is 5.43. The average Bonchev–Trinajstić information content (AvgIpc) is 2.74. The molecule has 1 N–H and O–H groups in total. The number of hydrogen-bond donors (Lipinski definition) is 1. The van der Waals surface area contributed by atoms with Crippen LogP contribution in [0.2, 0.25) is 0 Å². The maximum atomic E-state index is 5.43. The van der Waals surface area contributed by atoms with E-state index in [4.69, 9.17) is 4.74 Å². The lowest BCUT2D eigenvalue weighted by atomic mass is 9.94. The molecule has 1 aliphatic heterocycles. The van der Waals surface area contributed by atoms with Gasteiger partial charge in [-0.3, -0.25) is 4.68 Å². The zero-order valence-corrected chi connectivity index (χ0v) is 11.1. The number of aryl methyl sites for hydroxylation is 1. The van der Waals surface area contributed by atoms with Crippen LogP contribution in [0, 0.1) is 5.92 Å². The predicted octanol–water partition coefficient (Wildman–Crippen LogP) is 2.36. The molecule has 1 saturated heterocycles. The van der Waals surface area contributed by atoms with Gasteiger partial charge in [-0.2, -0.15) is 5.10 Å². The number of aromatic nitrogens is 2. The molecule has 0 bridgehead atoms. The Bertz CT molecular complexity index is 354. The highest BCUT2D eigenvalue weighted by molar-refractivity contribution is 5.28. The molecule has 17 heavy (non-hydrogen) atoms. The van der Waals surface area contributed by atoms with Crippen LogP contribution in [-0.4, -0.2) is 23.4 Å². The van der Waals surface area contributed by atoms with E-state index in [9.17, 15) is 0 Å². The van der Waals surface area contributed by atoms with Crippen LogP contribution >= 0.6 is 0 Å². The van der Waals surface area contributed by atoms with Crippen molar-refractivity contribution in [2.75, 3.05) is 13.7 Å². The van der Waals surface area contributed by atoms with Crippen molar-refractivity contribution in [1.82, 2.24) is 15.1 Å². The van der Waals surface area contributed by atoms with Crippen LogP contribution in [0.15, 0.2) is 6.20 Å². The Hall–Kier alpha value is -1.03. The molecule has 0 radical (unpaired) electrons. The third-order valence-corrected chi connectivity index (χ3v) is 3.49. The lowest BCUT2D eigenvalue weighted by Gasteiger charge is -2.28. The van der Waals surface area contributed by atoms with Crippen LogP contribution in [-0.2, 0) is 6.54 Å². The van der Waals surface area contributed by atoms with Gasteiger partial charge in [-0.15, -0.1) is 0 Å². The van der Waals surface area contributed by atoms with Crippen LogP contribution in [0.25, 0.3) is 0 Å². The molecule has 1 aromatic rings. The molecule has 2 atom stereocenters. The highest BCUT2D eigenvalue weighted by Gasteiger charge is 2.25. The van der Waals surface area contributed by atoms with Gasteiger partial charge < -0.3 is 10.1 Å². The van der Waals surface area contributed by atoms with Gasteiger partial charge in [0.15, 0.2) is 5.75 Å². The Kier molecular flexibility index (Phi) is 4.05. The van der Waals surface area contributed by atoms with Gasteiger partial charge in [0.1, 0.15) is 0 Å². The Morgan fingerprint density at radius 1 is 1.53 bits per heavy atom. The molecule has 0 spiro atoms. The molecule has 1 aliphatic rings. The fourth-order valence-corrected chi connectivity index (χ4v) is 2.51. The second kappa shape index (κ2) is 5.54. The fraction of sp³-hybridized carbons (Fsp3) is 0.769. The monoisotopic (exact) mass is 237 g/mol. The molecule has 0 aliphatic carbocycles. The zero-order chi connectivity index (χ0) is 12.3. The predicted molar refractivity (Wildman–Crippen MR) is 68.2 cm³/mol. The number of nitrogens with zero attached hydrogens (tertiary/aromatic N) is 2. The van der Waals surface area contributed by atoms with Gasteiger partial charge >= 0.3 is 0 Å². The first kappa shape index (κ1) is 12.4. The first-order valence-electron chi connectivity index (χ1n) is 6.59. The summed E-state index contributed by atoms with van der Waals surface area (Å²) >= 11 is 0. The van der Waals surface area contributed by atoms with E-state index < -0.39 is 0 Å². The summed E-state index contributed by atoms with van der Waals surface area (Å²) in [5.74, 6) is 1.70. The summed E-state index contributed by atoms with van der Waals surface area (Å²) in [5.41, 5.74) is 1.22. The van der Waals surface area contributed by atoms with Crippen LogP contribution in [0.5, 0.6) is 5.75 Å². The summed E-state index contributed by atoms with van der Waals surface area (Å²) in [7, 11) is 1.72. The van der Waals surface area contributed by atoms with Crippen molar-refractivity contribution in [2.45, 2.75) is 45.7 Å². The summed E-state index contributed by atoms with van der Waals surface area (Å²) < 4.78 is 7.52. The SMILES string of the molecule is CCCn1ncc(OC)c1C1CCC(C)CN1. The number of hydrogen-bond acceptors (Lipinski definition) is 3. The minimum absolute atomic E-state index is 0.398. The molecular formula is C13H23N3O. The number of rotatable bonds is 4. The second-order valence-electron chi connectivity index (χ2n) is 4.96. The summed E-state index contributed by atoms with van der Waals surface area (Å²) in [6, 6.07) is 0.398. The molecule has 0 aromatic carbocycles. The molecule has 4 heteroatoms. The van der Waals surface area contributed by atoms with Gasteiger partial charge in [-0.1, -0.05) is 13.8 Å². The summed E-state index contributed by atoms with van der Waals surface area (Å²) in [5, 5.41) is 8.03. The van der Waals surface area contributed by atoms with Gasteiger partial charge in [-0.25, -0.2) is 0 Å². The lowest BCUT2D eigenvalue weighted by molar-refractivity contribution is 0.308. The van der Waals surface area contributed by atoms with Crippen LogP contribution in [0.3, 0.4) is 0 Å². The first-order valence-corrected chi connectivity index (χ1v) is 6.59. The van der Waals surface area contributed by atoms with E-state index in [0.717, 1.165) is 31.2 Å². The molecule has 0 amide bonds. The van der Waals surface area contributed by atoms with Gasteiger partial charge in [0, 0.05) is 6.54 Å². The lowest BCUT2D eigenvalue weighted by Crippen LogP contribution is -2.33. The Morgan fingerprint density at radius 3 is 2.94 bits per heavy atom. The van der Waals surface area contributed by atoms with Crippen molar-refractivity contribution in [2.24, 2.45) is 5.92 Å². The second-order valence-corrected chi connectivity index (χ2v) is 4.96. The van der Waals surface area contributed by atoms with Gasteiger partial charge in [0.2, 0.25) is 0 Å². The Morgan fingerprint density at radius 2 is 2.35 bits per heavy atom. The maximum Gasteiger partial charge on any atom is 0.161 e. The average molecular weight is 237 g/mol. The topological polar surface area (TPSA) is 39.1 Å². The van der Waals surface area contributed by atoms with E-state index in [1.165, 1.54) is 18.5 Å². The normalized spacial score (nSPS) is 24.9. The summed E-state index contributed by atoms with van der Waals surface area (Å²) in [6.07, 6.45) is 5.39. The third-order valence-electron chi connectivity index (χ3n) is 3.49. The number of methoxy groups -OCH3 is 1. The molecular weight excluding hydrogens is 214 g/mol. The van der Waals surface area contributed by atoms with Crippen LogP contribution in [0.4, 0.5) is 0 Å². The molecule has 2 unspecified atom stereocenters. The molecule has 4 nitrogen and oxygen atoms in total. The van der Waals surface area contributed by atoms with Crippen molar-refractivity contribution >= 4 is 0 Å². The standard InChI is InChI=1S/C13H23N3O/c1-4-7-16-13(12(17-3)9-15-16)11-6-5-10(2)8-14-11/h9-11,14H,4-8H2,1-3H3. The van der Waals surface area contributed by atoms with E-state index in [0.29, 0.717) is 6.04 Å². The van der Waals surface area contributed by atoms with Crippen LogP contribution in [0.1, 0.15) is 44.8 Å². The minimum atomic E-state index is 0.398. The van der Waals surface area contributed by atoms with Crippen molar-refractivity contribution in [1.29, 1.82) is 0 Å².